The van der Waals surface area contributed by atoms with Crippen molar-refractivity contribution in [1.82, 2.24) is 14.7 Å². The number of benzene rings is 1. The summed E-state index contributed by atoms with van der Waals surface area (Å²) in [6.07, 6.45) is 0.414. The van der Waals surface area contributed by atoms with Gasteiger partial charge in [-0.1, -0.05) is 6.92 Å². The van der Waals surface area contributed by atoms with Crippen molar-refractivity contribution in [3.05, 3.63) is 29.1 Å². The van der Waals surface area contributed by atoms with Gasteiger partial charge < -0.3 is 9.15 Å². The molecule has 9 heteroatoms. The van der Waals surface area contributed by atoms with E-state index in [4.69, 9.17) is 21.9 Å². The molecule has 6 nitrogen and oxygen atoms in total. The summed E-state index contributed by atoms with van der Waals surface area (Å²) in [5.41, 5.74) is 0.599. The van der Waals surface area contributed by atoms with Gasteiger partial charge in [0.05, 0.1) is 12.7 Å². The first-order valence-corrected chi connectivity index (χ1v) is 7.66. The van der Waals surface area contributed by atoms with Gasteiger partial charge in [0, 0.05) is 18.5 Å². The lowest BCUT2D eigenvalue weighted by molar-refractivity contribution is -0.0498. The maximum Gasteiger partial charge on any atom is 0.387 e. The Balaban J connectivity index is 2.13. The lowest BCUT2D eigenvalue weighted by Crippen LogP contribution is -2.27. The molecule has 0 unspecified atom stereocenters. The summed E-state index contributed by atoms with van der Waals surface area (Å²) in [4.78, 5) is 2.21. The Morgan fingerprint density at radius 2 is 2.12 bits per heavy atom. The van der Waals surface area contributed by atoms with E-state index in [9.17, 15) is 8.78 Å². The SMILES string of the molecule is CCN(CCC#N)Cn1nc(-c2ccc(OC(F)F)cc2)oc1=S. The second-order valence-corrected chi connectivity index (χ2v) is 5.18. The van der Waals surface area contributed by atoms with Crippen LogP contribution in [0, 0.1) is 16.2 Å². The highest BCUT2D eigenvalue weighted by Gasteiger charge is 2.12. The molecule has 0 spiro atoms. The van der Waals surface area contributed by atoms with E-state index >= 15 is 0 Å². The number of aromatic nitrogens is 2. The van der Waals surface area contributed by atoms with Gasteiger partial charge in [0.15, 0.2) is 0 Å². The normalized spacial score (nSPS) is 11.0. The predicted octanol–water partition coefficient (Wildman–Crippen LogP) is 3.67. The Bertz CT molecular complexity index is 752. The van der Waals surface area contributed by atoms with Crippen molar-refractivity contribution in [3.63, 3.8) is 0 Å². The molecule has 0 aliphatic rings. The van der Waals surface area contributed by atoms with Gasteiger partial charge in [-0.15, -0.1) is 5.10 Å². The van der Waals surface area contributed by atoms with E-state index in [1.807, 2.05) is 11.8 Å². The number of hydrogen-bond donors (Lipinski definition) is 0. The van der Waals surface area contributed by atoms with Crippen molar-refractivity contribution >= 4 is 12.2 Å². The minimum atomic E-state index is -2.87. The number of hydrogen-bond acceptors (Lipinski definition) is 6. The third-order valence-corrected chi connectivity index (χ3v) is 3.55. The molecule has 0 aliphatic carbocycles. The van der Waals surface area contributed by atoms with Gasteiger partial charge in [-0.3, -0.25) is 4.90 Å². The van der Waals surface area contributed by atoms with Crippen molar-refractivity contribution in [1.29, 1.82) is 5.26 Å². The molecule has 2 aromatic rings. The smallest absolute Gasteiger partial charge is 0.387 e. The topological polar surface area (TPSA) is 67.2 Å². The maximum absolute atomic E-state index is 12.1. The number of nitriles is 1. The van der Waals surface area contributed by atoms with Gasteiger partial charge in [0.25, 0.3) is 4.84 Å². The third-order valence-electron chi connectivity index (χ3n) is 3.25. The number of halogens is 2. The number of rotatable bonds is 8. The molecule has 1 aromatic carbocycles. The quantitative estimate of drug-likeness (QED) is 0.674. The summed E-state index contributed by atoms with van der Waals surface area (Å²) in [5, 5.41) is 13.0. The molecule has 0 atom stereocenters. The number of alkyl halides is 2. The summed E-state index contributed by atoms with van der Waals surface area (Å²) in [6, 6.07) is 8.04. The van der Waals surface area contributed by atoms with Crippen LogP contribution in [-0.2, 0) is 6.67 Å². The zero-order valence-corrected chi connectivity index (χ0v) is 13.8. The van der Waals surface area contributed by atoms with E-state index in [2.05, 4.69) is 15.9 Å². The maximum atomic E-state index is 12.1. The molecule has 0 bridgehead atoms. The van der Waals surface area contributed by atoms with E-state index in [1.54, 1.807) is 12.1 Å². The summed E-state index contributed by atoms with van der Waals surface area (Å²) in [7, 11) is 0. The Kier molecular flexibility index (Phi) is 6.40. The van der Waals surface area contributed by atoms with Gasteiger partial charge in [0.1, 0.15) is 5.75 Å². The minimum Gasteiger partial charge on any atom is -0.435 e. The Morgan fingerprint density at radius 3 is 2.71 bits per heavy atom. The lowest BCUT2D eigenvalue weighted by Gasteiger charge is -2.17. The second kappa shape index (κ2) is 8.52. The van der Waals surface area contributed by atoms with Crippen LogP contribution in [0.15, 0.2) is 28.7 Å². The van der Waals surface area contributed by atoms with Gasteiger partial charge in [-0.2, -0.15) is 14.0 Å². The molecular formula is C15H16F2N4O2S. The fraction of sp³-hybridized carbons (Fsp3) is 0.400. The molecule has 0 saturated carbocycles. The van der Waals surface area contributed by atoms with E-state index in [0.29, 0.717) is 31.1 Å². The van der Waals surface area contributed by atoms with Crippen LogP contribution in [0.4, 0.5) is 8.78 Å². The van der Waals surface area contributed by atoms with Crippen LogP contribution in [0.2, 0.25) is 0 Å². The fourth-order valence-electron chi connectivity index (χ4n) is 2.02. The molecule has 2 rings (SSSR count). The largest absolute Gasteiger partial charge is 0.435 e. The second-order valence-electron chi connectivity index (χ2n) is 4.84. The van der Waals surface area contributed by atoms with Crippen LogP contribution in [-0.4, -0.2) is 34.4 Å². The minimum absolute atomic E-state index is 0.0560. The molecule has 0 saturated heterocycles. The van der Waals surface area contributed by atoms with E-state index in [0.717, 1.165) is 6.54 Å². The van der Waals surface area contributed by atoms with Gasteiger partial charge in [-0.25, -0.2) is 4.68 Å². The van der Waals surface area contributed by atoms with Crippen LogP contribution in [0.1, 0.15) is 13.3 Å². The molecule has 1 aromatic heterocycles. The Labute approximate surface area is 142 Å². The predicted molar refractivity (Wildman–Crippen MR) is 84.9 cm³/mol. The molecule has 0 radical (unpaired) electrons. The van der Waals surface area contributed by atoms with Crippen LogP contribution in [0.25, 0.3) is 11.5 Å². The van der Waals surface area contributed by atoms with Crippen molar-refractivity contribution in [3.8, 4) is 23.3 Å². The molecule has 0 N–H and O–H groups in total. The highest BCUT2D eigenvalue weighted by Crippen LogP contribution is 2.22. The first-order valence-electron chi connectivity index (χ1n) is 7.26. The first-order chi connectivity index (χ1) is 11.5. The highest BCUT2D eigenvalue weighted by molar-refractivity contribution is 7.71. The van der Waals surface area contributed by atoms with Crippen LogP contribution >= 0.6 is 12.2 Å². The van der Waals surface area contributed by atoms with E-state index in [-0.39, 0.29) is 10.6 Å². The van der Waals surface area contributed by atoms with E-state index in [1.165, 1.54) is 16.8 Å². The molecule has 0 aliphatic heterocycles. The Morgan fingerprint density at radius 1 is 1.42 bits per heavy atom. The van der Waals surface area contributed by atoms with Crippen LogP contribution < -0.4 is 4.74 Å². The van der Waals surface area contributed by atoms with Crippen molar-refractivity contribution < 1.29 is 17.9 Å². The van der Waals surface area contributed by atoms with Crippen molar-refractivity contribution in [2.75, 3.05) is 13.1 Å². The first kappa shape index (κ1) is 18.0. The summed E-state index contributed by atoms with van der Waals surface area (Å²) in [5.74, 6) is 0.348. The van der Waals surface area contributed by atoms with Gasteiger partial charge >= 0.3 is 6.61 Å². The standard InChI is InChI=1S/C15H16F2N4O2S/c1-2-20(9-3-8-18)10-21-15(24)23-13(19-21)11-4-6-12(7-5-11)22-14(16)17/h4-7,14H,2-3,9-10H2,1H3. The van der Waals surface area contributed by atoms with Crippen molar-refractivity contribution in [2.45, 2.75) is 26.6 Å². The molecule has 24 heavy (non-hydrogen) atoms. The van der Waals surface area contributed by atoms with Crippen LogP contribution in [0.5, 0.6) is 5.75 Å². The van der Waals surface area contributed by atoms with E-state index < -0.39 is 6.61 Å². The third kappa shape index (κ3) is 4.84. The van der Waals surface area contributed by atoms with Crippen LogP contribution in [0.3, 0.4) is 0 Å². The fourth-order valence-corrected chi connectivity index (χ4v) is 2.20. The lowest BCUT2D eigenvalue weighted by atomic mass is 10.2. The molecular weight excluding hydrogens is 338 g/mol. The summed E-state index contributed by atoms with van der Waals surface area (Å²) in [6.45, 7) is 0.867. The highest BCUT2D eigenvalue weighted by atomic mass is 32.1. The zero-order chi connectivity index (χ0) is 17.5. The Hall–Kier alpha value is -2.31. The molecule has 0 fully saturated rings. The number of nitrogens with zero attached hydrogens (tertiary/aromatic N) is 4. The summed E-state index contributed by atoms with van der Waals surface area (Å²) >= 11 is 5.15. The average Bonchev–Trinajstić information content (AvgIpc) is 2.92. The number of ether oxygens (including phenoxy) is 1. The average molecular weight is 354 g/mol. The zero-order valence-electron chi connectivity index (χ0n) is 13.0. The van der Waals surface area contributed by atoms with Crippen molar-refractivity contribution in [2.24, 2.45) is 0 Å². The van der Waals surface area contributed by atoms with Gasteiger partial charge in [-0.05, 0) is 43.0 Å². The molecule has 128 valence electrons. The molecule has 1 heterocycles. The van der Waals surface area contributed by atoms with Gasteiger partial charge in [0.2, 0.25) is 5.89 Å². The molecule has 0 amide bonds. The summed E-state index contributed by atoms with van der Waals surface area (Å²) < 4.78 is 35.6. The monoisotopic (exact) mass is 354 g/mol.